The van der Waals surface area contributed by atoms with Gasteiger partial charge in [-0.2, -0.15) is 0 Å². The monoisotopic (exact) mass is 197 g/mol. The summed E-state index contributed by atoms with van der Waals surface area (Å²) in [7, 11) is 0. The van der Waals surface area contributed by atoms with E-state index in [2.05, 4.69) is 5.32 Å². The molecule has 1 heterocycles. The molecule has 2 aliphatic carbocycles. The zero-order valence-electron chi connectivity index (χ0n) is 8.48. The predicted octanol–water partition coefficient (Wildman–Crippen LogP) is 0.524. The molecule has 0 aromatic rings. The Labute approximate surface area is 84.8 Å². The highest BCUT2D eigenvalue weighted by Crippen LogP contribution is 2.44. The van der Waals surface area contributed by atoms with Crippen molar-refractivity contribution in [2.24, 2.45) is 11.8 Å². The first kappa shape index (κ1) is 9.13. The van der Waals surface area contributed by atoms with Gasteiger partial charge in [0.05, 0.1) is 25.4 Å². The van der Waals surface area contributed by atoms with Crippen molar-refractivity contribution in [3.05, 3.63) is 0 Å². The molecule has 2 unspecified atom stereocenters. The molecule has 2 N–H and O–H groups in total. The number of hydrogen-bond acceptors (Lipinski definition) is 3. The number of aliphatic hydroxyl groups is 1. The fourth-order valence-corrected chi connectivity index (χ4v) is 2.52. The quantitative estimate of drug-likeness (QED) is 0.690. The second-order valence-corrected chi connectivity index (χ2v) is 5.08. The van der Waals surface area contributed by atoms with Crippen molar-refractivity contribution in [1.29, 1.82) is 0 Å². The Balaban J connectivity index is 1.57. The van der Waals surface area contributed by atoms with E-state index in [4.69, 9.17) is 4.74 Å². The summed E-state index contributed by atoms with van der Waals surface area (Å²) in [6.07, 6.45) is 5.26. The summed E-state index contributed by atoms with van der Waals surface area (Å²) in [5.41, 5.74) is 0. The Hall–Kier alpha value is -0.120. The van der Waals surface area contributed by atoms with Gasteiger partial charge >= 0.3 is 0 Å². The standard InChI is InChI=1S/C11H19NO2/c13-10-6-14-5-9(10)12-11(7-1-2-7)8-3-4-8/h7-13H,1-6H2. The summed E-state index contributed by atoms with van der Waals surface area (Å²) in [6, 6.07) is 0.873. The third-order valence-corrected chi connectivity index (χ3v) is 3.72. The highest BCUT2D eigenvalue weighted by molar-refractivity contribution is 4.99. The van der Waals surface area contributed by atoms with Gasteiger partial charge in [-0.25, -0.2) is 0 Å². The van der Waals surface area contributed by atoms with Crippen molar-refractivity contribution in [2.45, 2.75) is 43.9 Å². The topological polar surface area (TPSA) is 41.5 Å². The van der Waals surface area contributed by atoms with Crippen molar-refractivity contribution in [3.8, 4) is 0 Å². The van der Waals surface area contributed by atoms with E-state index in [0.29, 0.717) is 19.3 Å². The SMILES string of the molecule is OC1COCC1NC(C1CC1)C1CC1. The molecule has 80 valence electrons. The van der Waals surface area contributed by atoms with Crippen molar-refractivity contribution in [3.63, 3.8) is 0 Å². The van der Waals surface area contributed by atoms with Crippen LogP contribution in [-0.2, 0) is 4.74 Å². The molecule has 3 aliphatic rings. The minimum Gasteiger partial charge on any atom is -0.389 e. The molecule has 0 amide bonds. The fraction of sp³-hybridized carbons (Fsp3) is 1.00. The zero-order chi connectivity index (χ0) is 9.54. The van der Waals surface area contributed by atoms with Crippen LogP contribution in [0.2, 0.25) is 0 Å². The van der Waals surface area contributed by atoms with Gasteiger partial charge in [-0.05, 0) is 37.5 Å². The van der Waals surface area contributed by atoms with Crippen LogP contribution in [-0.4, -0.2) is 36.5 Å². The second kappa shape index (κ2) is 3.47. The number of aliphatic hydroxyl groups excluding tert-OH is 1. The van der Waals surface area contributed by atoms with Crippen LogP contribution in [0.15, 0.2) is 0 Å². The lowest BCUT2D eigenvalue weighted by Gasteiger charge is -2.23. The summed E-state index contributed by atoms with van der Waals surface area (Å²) in [4.78, 5) is 0. The Morgan fingerprint density at radius 2 is 1.71 bits per heavy atom. The Bertz CT molecular complexity index is 201. The molecule has 3 nitrogen and oxygen atoms in total. The maximum atomic E-state index is 9.65. The third-order valence-electron chi connectivity index (χ3n) is 3.72. The van der Waals surface area contributed by atoms with E-state index in [1.165, 1.54) is 25.7 Å². The lowest BCUT2D eigenvalue weighted by Crippen LogP contribution is -2.46. The smallest absolute Gasteiger partial charge is 0.0948 e. The molecule has 3 fully saturated rings. The third kappa shape index (κ3) is 1.81. The van der Waals surface area contributed by atoms with E-state index in [1.807, 2.05) is 0 Å². The van der Waals surface area contributed by atoms with E-state index in [9.17, 15) is 5.11 Å². The molecule has 2 atom stereocenters. The van der Waals surface area contributed by atoms with Gasteiger partial charge in [-0.1, -0.05) is 0 Å². The van der Waals surface area contributed by atoms with Gasteiger partial charge in [-0.3, -0.25) is 0 Å². The minimum atomic E-state index is -0.282. The predicted molar refractivity (Wildman–Crippen MR) is 53.0 cm³/mol. The molecule has 3 heteroatoms. The molecular weight excluding hydrogens is 178 g/mol. The zero-order valence-corrected chi connectivity index (χ0v) is 8.48. The van der Waals surface area contributed by atoms with Gasteiger partial charge < -0.3 is 15.2 Å². The highest BCUT2D eigenvalue weighted by atomic mass is 16.5. The van der Waals surface area contributed by atoms with Crippen LogP contribution in [0.5, 0.6) is 0 Å². The van der Waals surface area contributed by atoms with E-state index in [-0.39, 0.29) is 12.1 Å². The van der Waals surface area contributed by atoms with Gasteiger partial charge in [0.1, 0.15) is 0 Å². The average Bonchev–Trinajstić information content (AvgIpc) is 3.05. The highest BCUT2D eigenvalue weighted by Gasteiger charge is 2.43. The van der Waals surface area contributed by atoms with E-state index < -0.39 is 0 Å². The van der Waals surface area contributed by atoms with Gasteiger partial charge in [0.2, 0.25) is 0 Å². The van der Waals surface area contributed by atoms with Crippen LogP contribution in [0.25, 0.3) is 0 Å². The second-order valence-electron chi connectivity index (χ2n) is 5.08. The summed E-state index contributed by atoms with van der Waals surface area (Å²) in [5.74, 6) is 1.80. The van der Waals surface area contributed by atoms with Crippen LogP contribution in [0.4, 0.5) is 0 Å². The molecule has 1 saturated heterocycles. The van der Waals surface area contributed by atoms with Crippen LogP contribution in [0, 0.1) is 11.8 Å². The fourth-order valence-electron chi connectivity index (χ4n) is 2.52. The lowest BCUT2D eigenvalue weighted by atomic mass is 10.1. The first-order chi connectivity index (χ1) is 6.84. The van der Waals surface area contributed by atoms with Gasteiger partial charge in [-0.15, -0.1) is 0 Å². The van der Waals surface area contributed by atoms with Crippen LogP contribution < -0.4 is 5.32 Å². The lowest BCUT2D eigenvalue weighted by molar-refractivity contribution is 0.120. The maximum absolute atomic E-state index is 9.65. The van der Waals surface area contributed by atoms with Gasteiger partial charge in [0.25, 0.3) is 0 Å². The van der Waals surface area contributed by atoms with Crippen molar-refractivity contribution in [2.75, 3.05) is 13.2 Å². The summed E-state index contributed by atoms with van der Waals surface area (Å²) in [5, 5.41) is 13.3. The molecule has 0 spiro atoms. The first-order valence-corrected chi connectivity index (χ1v) is 5.86. The van der Waals surface area contributed by atoms with E-state index in [1.54, 1.807) is 0 Å². The van der Waals surface area contributed by atoms with Crippen molar-refractivity contribution in [1.82, 2.24) is 5.32 Å². The first-order valence-electron chi connectivity index (χ1n) is 5.86. The summed E-state index contributed by atoms with van der Waals surface area (Å²) < 4.78 is 5.26. The van der Waals surface area contributed by atoms with Crippen LogP contribution in [0.3, 0.4) is 0 Å². The molecule has 0 bridgehead atoms. The summed E-state index contributed by atoms with van der Waals surface area (Å²) >= 11 is 0. The van der Waals surface area contributed by atoms with Gasteiger partial charge in [0.15, 0.2) is 0 Å². The number of ether oxygens (including phenoxy) is 1. The van der Waals surface area contributed by atoms with Crippen LogP contribution in [0.1, 0.15) is 25.7 Å². The van der Waals surface area contributed by atoms with Gasteiger partial charge in [0, 0.05) is 6.04 Å². The molecule has 1 aliphatic heterocycles. The molecule has 0 aromatic heterocycles. The Morgan fingerprint density at radius 1 is 1.07 bits per heavy atom. The van der Waals surface area contributed by atoms with E-state index in [0.717, 1.165) is 11.8 Å². The number of nitrogens with one attached hydrogen (secondary N) is 1. The number of rotatable bonds is 4. The van der Waals surface area contributed by atoms with Crippen LogP contribution >= 0.6 is 0 Å². The Morgan fingerprint density at radius 3 is 2.14 bits per heavy atom. The largest absolute Gasteiger partial charge is 0.389 e. The molecule has 2 saturated carbocycles. The number of hydrogen-bond donors (Lipinski definition) is 2. The van der Waals surface area contributed by atoms with Crippen molar-refractivity contribution < 1.29 is 9.84 Å². The minimum absolute atomic E-state index is 0.196. The normalized spacial score (nSPS) is 38.1. The Kier molecular flexibility index (Phi) is 2.26. The molecule has 3 rings (SSSR count). The summed E-state index contributed by atoms with van der Waals surface area (Å²) in [6.45, 7) is 1.21. The average molecular weight is 197 g/mol. The van der Waals surface area contributed by atoms with Crippen molar-refractivity contribution >= 4 is 0 Å². The maximum Gasteiger partial charge on any atom is 0.0948 e. The molecule has 0 radical (unpaired) electrons. The molecular formula is C11H19NO2. The van der Waals surface area contributed by atoms with E-state index >= 15 is 0 Å². The molecule has 14 heavy (non-hydrogen) atoms. The molecule has 0 aromatic carbocycles.